The Morgan fingerprint density at radius 1 is 1.64 bits per heavy atom. The molecule has 1 aromatic rings. The van der Waals surface area contributed by atoms with Gasteiger partial charge in [-0.25, -0.2) is 0 Å². The molecule has 1 saturated heterocycles. The molecule has 1 aliphatic heterocycles. The van der Waals surface area contributed by atoms with Crippen LogP contribution in [0.5, 0.6) is 0 Å². The van der Waals surface area contributed by atoms with Crippen LogP contribution in [0.2, 0.25) is 0 Å². The fourth-order valence-electron chi connectivity index (χ4n) is 1.33. The van der Waals surface area contributed by atoms with Crippen LogP contribution in [0.1, 0.15) is 0 Å². The molecule has 1 aromatic heterocycles. The largest absolute Gasteiger partial charge is 0.396 e. The molecule has 0 unspecified atom stereocenters. The van der Waals surface area contributed by atoms with Gasteiger partial charge in [-0.05, 0) is 11.4 Å². The normalized spacial score (nSPS) is 18.5. The third kappa shape index (κ3) is 1.26. The van der Waals surface area contributed by atoms with E-state index in [2.05, 4.69) is 21.7 Å². The summed E-state index contributed by atoms with van der Waals surface area (Å²) in [6.45, 7) is 2.38. The van der Waals surface area contributed by atoms with Crippen molar-refractivity contribution in [3.05, 3.63) is 16.8 Å². The van der Waals surface area contributed by atoms with Gasteiger partial charge in [0.05, 0.1) is 0 Å². The summed E-state index contributed by atoms with van der Waals surface area (Å²) in [6, 6.07) is 2.12. The monoisotopic (exact) mass is 169 g/mol. The molecule has 60 valence electrons. The SMILES string of the molecule is OCC1CN(c2ccsc2)C1. The third-order valence-corrected chi connectivity index (χ3v) is 2.76. The first-order valence-electron chi connectivity index (χ1n) is 3.78. The summed E-state index contributed by atoms with van der Waals surface area (Å²) in [6.07, 6.45) is 0. The van der Waals surface area contributed by atoms with Crippen molar-refractivity contribution in [1.29, 1.82) is 0 Å². The van der Waals surface area contributed by atoms with Crippen LogP contribution in [0.3, 0.4) is 0 Å². The van der Waals surface area contributed by atoms with Crippen LogP contribution >= 0.6 is 11.3 Å². The Hall–Kier alpha value is -0.540. The van der Waals surface area contributed by atoms with Crippen molar-refractivity contribution in [2.24, 2.45) is 5.92 Å². The average molecular weight is 169 g/mol. The van der Waals surface area contributed by atoms with E-state index in [0.29, 0.717) is 12.5 Å². The molecule has 0 spiro atoms. The van der Waals surface area contributed by atoms with Gasteiger partial charge in [0.25, 0.3) is 0 Å². The van der Waals surface area contributed by atoms with Gasteiger partial charge >= 0.3 is 0 Å². The van der Waals surface area contributed by atoms with Gasteiger partial charge in [-0.3, -0.25) is 0 Å². The van der Waals surface area contributed by atoms with E-state index in [0.717, 1.165) is 13.1 Å². The van der Waals surface area contributed by atoms with E-state index in [4.69, 9.17) is 5.11 Å². The predicted molar refractivity (Wildman–Crippen MR) is 47.1 cm³/mol. The Balaban J connectivity index is 1.92. The van der Waals surface area contributed by atoms with Crippen molar-refractivity contribution in [3.63, 3.8) is 0 Å². The lowest BCUT2D eigenvalue weighted by atomic mass is 10.0. The van der Waals surface area contributed by atoms with E-state index in [1.54, 1.807) is 11.3 Å². The molecule has 0 aromatic carbocycles. The Labute approximate surface area is 70.1 Å². The van der Waals surface area contributed by atoms with Gasteiger partial charge in [0.2, 0.25) is 0 Å². The quantitative estimate of drug-likeness (QED) is 0.718. The second-order valence-electron chi connectivity index (χ2n) is 2.94. The van der Waals surface area contributed by atoms with Crippen molar-refractivity contribution in [1.82, 2.24) is 0 Å². The van der Waals surface area contributed by atoms with Crippen molar-refractivity contribution < 1.29 is 5.11 Å². The zero-order valence-electron chi connectivity index (χ0n) is 6.23. The first-order chi connectivity index (χ1) is 5.40. The van der Waals surface area contributed by atoms with Crippen molar-refractivity contribution in [2.45, 2.75) is 0 Å². The van der Waals surface area contributed by atoms with Crippen LogP contribution in [0.15, 0.2) is 16.8 Å². The van der Waals surface area contributed by atoms with Crippen molar-refractivity contribution >= 4 is 17.0 Å². The molecule has 1 fully saturated rings. The first kappa shape index (κ1) is 7.13. The van der Waals surface area contributed by atoms with Crippen LogP contribution < -0.4 is 4.90 Å². The average Bonchev–Trinajstić information content (AvgIpc) is 2.37. The van der Waals surface area contributed by atoms with E-state index in [-0.39, 0.29) is 0 Å². The van der Waals surface area contributed by atoms with Gasteiger partial charge in [0.1, 0.15) is 0 Å². The molecule has 1 aliphatic rings. The maximum absolute atomic E-state index is 8.78. The third-order valence-electron chi connectivity index (χ3n) is 2.09. The molecule has 0 aliphatic carbocycles. The van der Waals surface area contributed by atoms with Gasteiger partial charge in [0.15, 0.2) is 0 Å². The topological polar surface area (TPSA) is 23.5 Å². The summed E-state index contributed by atoms with van der Waals surface area (Å²) >= 11 is 1.72. The van der Waals surface area contributed by atoms with Crippen LogP contribution in [-0.2, 0) is 0 Å². The molecule has 2 nitrogen and oxygen atoms in total. The molecular formula is C8H11NOS. The smallest absolute Gasteiger partial charge is 0.0493 e. The Morgan fingerprint density at radius 3 is 3.00 bits per heavy atom. The summed E-state index contributed by atoms with van der Waals surface area (Å²) in [4.78, 5) is 2.29. The Bertz CT molecular complexity index is 216. The van der Waals surface area contributed by atoms with Crippen LogP contribution in [0.25, 0.3) is 0 Å². The number of nitrogens with zero attached hydrogens (tertiary/aromatic N) is 1. The summed E-state index contributed by atoms with van der Waals surface area (Å²) in [7, 11) is 0. The predicted octanol–water partition coefficient (Wildman–Crippen LogP) is 1.18. The fraction of sp³-hybridized carbons (Fsp3) is 0.500. The molecule has 0 atom stereocenters. The Kier molecular flexibility index (Phi) is 1.84. The zero-order chi connectivity index (χ0) is 7.68. The number of anilines is 1. The molecule has 3 heteroatoms. The van der Waals surface area contributed by atoms with Gasteiger partial charge < -0.3 is 10.0 Å². The number of hydrogen-bond donors (Lipinski definition) is 1. The molecule has 0 saturated carbocycles. The minimum Gasteiger partial charge on any atom is -0.396 e. The van der Waals surface area contributed by atoms with E-state index in [9.17, 15) is 0 Å². The molecule has 1 N–H and O–H groups in total. The van der Waals surface area contributed by atoms with Gasteiger partial charge in [-0.2, -0.15) is 11.3 Å². The molecule has 2 rings (SSSR count). The highest BCUT2D eigenvalue weighted by Crippen LogP contribution is 2.25. The van der Waals surface area contributed by atoms with Gasteiger partial charge in [0, 0.05) is 36.7 Å². The number of thiophene rings is 1. The van der Waals surface area contributed by atoms with E-state index < -0.39 is 0 Å². The second kappa shape index (κ2) is 2.83. The number of rotatable bonds is 2. The van der Waals surface area contributed by atoms with Gasteiger partial charge in [-0.1, -0.05) is 0 Å². The minimum atomic E-state index is 0.334. The van der Waals surface area contributed by atoms with Crippen LogP contribution in [-0.4, -0.2) is 24.8 Å². The van der Waals surface area contributed by atoms with E-state index >= 15 is 0 Å². The highest BCUT2D eigenvalue weighted by Gasteiger charge is 2.25. The molecular weight excluding hydrogens is 158 g/mol. The van der Waals surface area contributed by atoms with Crippen molar-refractivity contribution in [3.8, 4) is 0 Å². The molecule has 0 amide bonds. The number of hydrogen-bond acceptors (Lipinski definition) is 3. The zero-order valence-corrected chi connectivity index (χ0v) is 7.05. The summed E-state index contributed by atoms with van der Waals surface area (Å²) in [5.41, 5.74) is 1.31. The van der Waals surface area contributed by atoms with Gasteiger partial charge in [-0.15, -0.1) is 0 Å². The lowest BCUT2D eigenvalue weighted by molar-refractivity contribution is 0.201. The maximum Gasteiger partial charge on any atom is 0.0493 e. The first-order valence-corrected chi connectivity index (χ1v) is 4.72. The Morgan fingerprint density at radius 2 is 2.45 bits per heavy atom. The van der Waals surface area contributed by atoms with Crippen LogP contribution in [0.4, 0.5) is 5.69 Å². The highest BCUT2D eigenvalue weighted by molar-refractivity contribution is 7.08. The summed E-state index contributed by atoms with van der Waals surface area (Å²) in [5, 5.41) is 13.0. The summed E-state index contributed by atoms with van der Waals surface area (Å²) < 4.78 is 0. The standard InChI is InChI=1S/C8H11NOS/c10-5-7-3-9(4-7)8-1-2-11-6-8/h1-2,6-7,10H,3-5H2. The molecule has 0 bridgehead atoms. The highest BCUT2D eigenvalue weighted by atomic mass is 32.1. The molecule has 11 heavy (non-hydrogen) atoms. The molecule has 0 radical (unpaired) electrons. The summed E-state index contributed by atoms with van der Waals surface area (Å²) in [5.74, 6) is 0.509. The maximum atomic E-state index is 8.78. The fourth-order valence-corrected chi connectivity index (χ4v) is 2.00. The molecule has 2 heterocycles. The number of aliphatic hydroxyl groups is 1. The van der Waals surface area contributed by atoms with Crippen molar-refractivity contribution in [2.75, 3.05) is 24.6 Å². The second-order valence-corrected chi connectivity index (χ2v) is 3.72. The van der Waals surface area contributed by atoms with Crippen LogP contribution in [0, 0.1) is 5.92 Å². The number of aliphatic hydroxyl groups excluding tert-OH is 1. The lowest BCUT2D eigenvalue weighted by Gasteiger charge is -2.39. The van der Waals surface area contributed by atoms with E-state index in [1.807, 2.05) is 0 Å². The lowest BCUT2D eigenvalue weighted by Crippen LogP contribution is -2.48. The minimum absolute atomic E-state index is 0.334. The van der Waals surface area contributed by atoms with E-state index in [1.165, 1.54) is 5.69 Å².